The molecule has 0 saturated carbocycles. The molecule has 0 atom stereocenters. The molecule has 3 aromatic carbocycles. The third-order valence-corrected chi connectivity index (χ3v) is 5.96. The van der Waals surface area contributed by atoms with Gasteiger partial charge in [-0.05, 0) is 55.3 Å². The van der Waals surface area contributed by atoms with Crippen molar-refractivity contribution in [1.82, 2.24) is 0 Å². The second-order valence-corrected chi connectivity index (χ2v) is 7.67. The minimum atomic E-state index is -0.484. The third-order valence-electron chi connectivity index (χ3n) is 4.83. The topological polar surface area (TPSA) is 46.6 Å². The highest BCUT2D eigenvalue weighted by Crippen LogP contribution is 2.47. The van der Waals surface area contributed by atoms with Crippen molar-refractivity contribution >= 4 is 35.0 Å². The summed E-state index contributed by atoms with van der Waals surface area (Å²) in [5, 5.41) is 0. The minimum absolute atomic E-state index is 0.279. The molecule has 4 nitrogen and oxygen atoms in total. The molecule has 0 unspecified atom stereocenters. The van der Waals surface area contributed by atoms with Gasteiger partial charge in [0.1, 0.15) is 0 Å². The molecule has 0 radical (unpaired) electrons. The summed E-state index contributed by atoms with van der Waals surface area (Å²) >= 11 is 1.63. The van der Waals surface area contributed by atoms with Gasteiger partial charge < -0.3 is 4.74 Å². The van der Waals surface area contributed by atoms with Gasteiger partial charge in [-0.2, -0.15) is 0 Å². The van der Waals surface area contributed by atoms with Crippen LogP contribution in [0.1, 0.15) is 21.5 Å². The van der Waals surface area contributed by atoms with Gasteiger partial charge in [0.05, 0.1) is 16.9 Å². The summed E-state index contributed by atoms with van der Waals surface area (Å²) in [6, 6.07) is 20.9. The molecule has 0 aliphatic carbocycles. The molecule has 0 spiro atoms. The van der Waals surface area contributed by atoms with Crippen molar-refractivity contribution in [2.24, 2.45) is 0 Å². The second-order valence-electron chi connectivity index (χ2n) is 6.59. The normalized spacial score (nSPS) is 12.1. The van der Waals surface area contributed by atoms with Gasteiger partial charge in [0.15, 0.2) is 6.61 Å². The summed E-state index contributed by atoms with van der Waals surface area (Å²) in [5.74, 6) is -0.763. The summed E-state index contributed by atoms with van der Waals surface area (Å²) in [6.07, 6.45) is 0. The van der Waals surface area contributed by atoms with Crippen molar-refractivity contribution in [3.63, 3.8) is 0 Å². The van der Waals surface area contributed by atoms with Crippen molar-refractivity contribution in [3.05, 3.63) is 83.4 Å². The number of hydrogen-bond donors (Lipinski definition) is 0. The quantitative estimate of drug-likeness (QED) is 0.571. The molecular formula is C23H19NO3S. The van der Waals surface area contributed by atoms with E-state index in [2.05, 4.69) is 0 Å². The first kappa shape index (κ1) is 18.3. The Morgan fingerprint density at radius 2 is 1.46 bits per heavy atom. The van der Waals surface area contributed by atoms with Crippen LogP contribution in [0.4, 0.5) is 11.4 Å². The van der Waals surface area contributed by atoms with Crippen molar-refractivity contribution < 1.29 is 14.3 Å². The molecule has 28 heavy (non-hydrogen) atoms. The van der Waals surface area contributed by atoms with E-state index in [1.54, 1.807) is 22.7 Å². The van der Waals surface area contributed by atoms with Gasteiger partial charge in [0.2, 0.25) is 0 Å². The van der Waals surface area contributed by atoms with Gasteiger partial charge in [-0.3, -0.25) is 9.69 Å². The molecule has 0 aromatic heterocycles. The van der Waals surface area contributed by atoms with Gasteiger partial charge in [0.25, 0.3) is 5.91 Å². The molecule has 0 saturated heterocycles. The predicted molar refractivity (Wildman–Crippen MR) is 110 cm³/mol. The third kappa shape index (κ3) is 3.29. The monoisotopic (exact) mass is 389 g/mol. The van der Waals surface area contributed by atoms with Crippen molar-refractivity contribution in [3.8, 4) is 0 Å². The number of amides is 1. The summed E-state index contributed by atoms with van der Waals surface area (Å²) in [7, 11) is 0. The van der Waals surface area contributed by atoms with E-state index >= 15 is 0 Å². The van der Waals surface area contributed by atoms with Crippen LogP contribution in [0.2, 0.25) is 0 Å². The van der Waals surface area contributed by atoms with E-state index in [0.29, 0.717) is 5.56 Å². The molecule has 5 heteroatoms. The van der Waals surface area contributed by atoms with Crippen molar-refractivity contribution in [2.75, 3.05) is 11.5 Å². The maximum Gasteiger partial charge on any atom is 0.338 e. The number of ether oxygens (including phenoxy) is 1. The van der Waals surface area contributed by atoms with Crippen LogP contribution < -0.4 is 4.90 Å². The van der Waals surface area contributed by atoms with E-state index in [1.807, 2.05) is 74.5 Å². The Hall–Kier alpha value is -3.05. The number of rotatable bonds is 3. The standard InChI is InChI=1S/C23H19NO3S/c1-15-8-7-9-17(16(15)2)23(26)27-14-22(25)24-18-10-3-5-12-20(18)28-21-13-6-4-11-19(21)24/h3-13H,14H2,1-2H3. The largest absolute Gasteiger partial charge is 0.452 e. The lowest BCUT2D eigenvalue weighted by Gasteiger charge is -2.30. The summed E-state index contributed by atoms with van der Waals surface area (Å²) in [6.45, 7) is 3.50. The molecule has 1 heterocycles. The number of nitrogens with zero attached hydrogens (tertiary/aromatic N) is 1. The van der Waals surface area contributed by atoms with Gasteiger partial charge in [-0.25, -0.2) is 4.79 Å². The first-order chi connectivity index (χ1) is 13.6. The Balaban J connectivity index is 1.59. The number of esters is 1. The molecule has 0 bridgehead atoms. The lowest BCUT2D eigenvalue weighted by molar-refractivity contribution is -0.121. The smallest absolute Gasteiger partial charge is 0.338 e. The van der Waals surface area contributed by atoms with Crippen LogP contribution in [0.25, 0.3) is 0 Å². The number of hydrogen-bond acceptors (Lipinski definition) is 4. The van der Waals surface area contributed by atoms with E-state index in [0.717, 1.165) is 32.3 Å². The van der Waals surface area contributed by atoms with Crippen LogP contribution in [-0.2, 0) is 9.53 Å². The SMILES string of the molecule is Cc1cccc(C(=O)OCC(=O)N2c3ccccc3Sc3ccccc32)c1C. The average Bonchev–Trinajstić information content (AvgIpc) is 2.72. The lowest BCUT2D eigenvalue weighted by atomic mass is 10.0. The number of benzene rings is 3. The van der Waals surface area contributed by atoms with Crippen LogP contribution in [0.15, 0.2) is 76.5 Å². The predicted octanol–water partition coefficient (Wildman–Crippen LogP) is 5.29. The fraction of sp³-hybridized carbons (Fsp3) is 0.130. The van der Waals surface area contributed by atoms with Crippen LogP contribution in [0.3, 0.4) is 0 Å². The van der Waals surface area contributed by atoms with E-state index in [1.165, 1.54) is 0 Å². The van der Waals surface area contributed by atoms with Crippen molar-refractivity contribution in [1.29, 1.82) is 0 Å². The zero-order valence-electron chi connectivity index (χ0n) is 15.6. The maximum absolute atomic E-state index is 13.1. The number of carbonyl (C=O) groups is 2. The van der Waals surface area contributed by atoms with Crippen LogP contribution in [0, 0.1) is 13.8 Å². The Morgan fingerprint density at radius 3 is 2.11 bits per heavy atom. The van der Waals surface area contributed by atoms with Crippen LogP contribution in [-0.4, -0.2) is 18.5 Å². The molecule has 1 aliphatic rings. The highest BCUT2D eigenvalue weighted by Gasteiger charge is 2.28. The molecule has 1 aliphatic heterocycles. The van der Waals surface area contributed by atoms with Gasteiger partial charge in [-0.1, -0.05) is 48.2 Å². The summed E-state index contributed by atoms with van der Waals surface area (Å²) < 4.78 is 5.37. The van der Waals surface area contributed by atoms with E-state index in [9.17, 15) is 9.59 Å². The lowest BCUT2D eigenvalue weighted by Crippen LogP contribution is -2.32. The zero-order chi connectivity index (χ0) is 19.7. The highest BCUT2D eigenvalue weighted by molar-refractivity contribution is 7.99. The number of aryl methyl sites for hydroxylation is 1. The fourth-order valence-corrected chi connectivity index (χ4v) is 4.27. The van der Waals surface area contributed by atoms with Gasteiger partial charge >= 0.3 is 5.97 Å². The number of carbonyl (C=O) groups excluding carboxylic acids is 2. The first-order valence-corrected chi connectivity index (χ1v) is 9.80. The Bertz CT molecular complexity index is 1030. The molecule has 0 fully saturated rings. The maximum atomic E-state index is 13.1. The zero-order valence-corrected chi connectivity index (χ0v) is 16.5. The van der Waals surface area contributed by atoms with E-state index in [-0.39, 0.29) is 12.5 Å². The van der Waals surface area contributed by atoms with E-state index < -0.39 is 5.97 Å². The number of fused-ring (bicyclic) bond motifs is 2. The minimum Gasteiger partial charge on any atom is -0.452 e. The van der Waals surface area contributed by atoms with Crippen LogP contribution in [0.5, 0.6) is 0 Å². The fourth-order valence-electron chi connectivity index (χ4n) is 3.22. The van der Waals surface area contributed by atoms with Gasteiger partial charge in [0, 0.05) is 9.79 Å². The van der Waals surface area contributed by atoms with Crippen molar-refractivity contribution in [2.45, 2.75) is 23.6 Å². The Kier molecular flexibility index (Phi) is 4.92. The molecule has 1 amide bonds. The van der Waals surface area contributed by atoms with Gasteiger partial charge in [-0.15, -0.1) is 0 Å². The molecular weight excluding hydrogens is 370 g/mol. The molecule has 140 valence electrons. The van der Waals surface area contributed by atoms with Crippen LogP contribution >= 0.6 is 11.8 Å². The molecule has 0 N–H and O–H groups in total. The number of anilines is 2. The second kappa shape index (κ2) is 7.52. The Labute approximate surface area is 168 Å². The average molecular weight is 389 g/mol. The molecule has 4 rings (SSSR count). The first-order valence-electron chi connectivity index (χ1n) is 8.98. The van der Waals surface area contributed by atoms with E-state index in [4.69, 9.17) is 4.74 Å². The summed E-state index contributed by atoms with van der Waals surface area (Å²) in [5.41, 5.74) is 3.97. The molecule has 3 aromatic rings. The number of para-hydroxylation sites is 2. The highest BCUT2D eigenvalue weighted by atomic mass is 32.2. The Morgan fingerprint density at radius 1 is 0.857 bits per heavy atom. The summed E-state index contributed by atoms with van der Waals surface area (Å²) in [4.78, 5) is 29.2.